The van der Waals surface area contributed by atoms with Crippen LogP contribution in [0.4, 0.5) is 0 Å². The Balaban J connectivity index is 1.27. The first-order chi connectivity index (χ1) is 20.2. The van der Waals surface area contributed by atoms with Crippen molar-refractivity contribution >= 4 is 35.0 Å². The van der Waals surface area contributed by atoms with Gasteiger partial charge < -0.3 is 15.1 Å². The highest BCUT2D eigenvalue weighted by Gasteiger charge is 2.38. The molecule has 1 aliphatic heterocycles. The van der Waals surface area contributed by atoms with Crippen molar-refractivity contribution in [1.82, 2.24) is 15.1 Å². The summed E-state index contributed by atoms with van der Waals surface area (Å²) in [5.41, 5.74) is 4.18. The van der Waals surface area contributed by atoms with Crippen LogP contribution in [0.25, 0.3) is 0 Å². The third kappa shape index (κ3) is 6.49. The summed E-state index contributed by atoms with van der Waals surface area (Å²) in [4.78, 5) is 30.9. The van der Waals surface area contributed by atoms with Gasteiger partial charge in [-0.3, -0.25) is 9.59 Å². The van der Waals surface area contributed by atoms with Crippen LogP contribution in [0.1, 0.15) is 64.3 Å². The van der Waals surface area contributed by atoms with E-state index in [0.717, 1.165) is 47.9 Å². The van der Waals surface area contributed by atoms with Crippen LogP contribution in [0.2, 0.25) is 10.0 Å². The lowest BCUT2D eigenvalue weighted by Crippen LogP contribution is -2.54. The third-order valence-electron chi connectivity index (χ3n) is 8.71. The summed E-state index contributed by atoms with van der Waals surface area (Å²) in [7, 11) is 0. The summed E-state index contributed by atoms with van der Waals surface area (Å²) in [5, 5.41) is 14.4. The van der Waals surface area contributed by atoms with Gasteiger partial charge in [0.15, 0.2) is 0 Å². The average molecular weight is 604 g/mol. The number of benzene rings is 3. The highest BCUT2D eigenvalue weighted by atomic mass is 35.5. The van der Waals surface area contributed by atoms with Crippen LogP contribution in [-0.4, -0.2) is 53.8 Å². The second-order valence-electron chi connectivity index (χ2n) is 11.6. The van der Waals surface area contributed by atoms with E-state index in [9.17, 15) is 14.9 Å². The number of carbonyl (C=O) groups excluding carboxylic acids is 2. The topological polar surface area (TPSA) is 76.4 Å². The lowest BCUT2D eigenvalue weighted by atomic mass is 9.69. The van der Waals surface area contributed by atoms with Crippen LogP contribution in [0.15, 0.2) is 66.7 Å². The molecule has 1 heterocycles. The molecule has 0 spiro atoms. The molecule has 2 fully saturated rings. The van der Waals surface area contributed by atoms with Crippen molar-refractivity contribution in [2.75, 3.05) is 26.2 Å². The van der Waals surface area contributed by atoms with E-state index in [-0.39, 0.29) is 30.4 Å². The van der Waals surface area contributed by atoms with E-state index in [1.165, 1.54) is 0 Å². The van der Waals surface area contributed by atoms with Gasteiger partial charge in [0.2, 0.25) is 5.91 Å². The van der Waals surface area contributed by atoms with Crippen LogP contribution in [0, 0.1) is 25.2 Å². The number of hydrogen-bond donors (Lipinski definition) is 1. The molecule has 0 radical (unpaired) electrons. The second-order valence-corrected chi connectivity index (χ2v) is 12.4. The Morgan fingerprint density at radius 1 is 0.952 bits per heavy atom. The van der Waals surface area contributed by atoms with Gasteiger partial charge in [0.05, 0.1) is 34.1 Å². The first kappa shape index (κ1) is 30.1. The van der Waals surface area contributed by atoms with Gasteiger partial charge in [-0.25, -0.2) is 0 Å². The van der Waals surface area contributed by atoms with E-state index in [2.05, 4.69) is 11.4 Å². The fraction of sp³-hybridized carbons (Fsp3) is 0.382. The Morgan fingerprint density at radius 3 is 2.29 bits per heavy atom. The molecular weight excluding hydrogens is 567 g/mol. The maximum atomic E-state index is 13.7. The Hall–Kier alpha value is -3.37. The van der Waals surface area contributed by atoms with Crippen LogP contribution >= 0.6 is 23.2 Å². The van der Waals surface area contributed by atoms with Crippen molar-refractivity contribution in [3.8, 4) is 6.07 Å². The van der Waals surface area contributed by atoms with Crippen molar-refractivity contribution < 1.29 is 9.59 Å². The lowest BCUT2D eigenvalue weighted by molar-refractivity contribution is -0.135. The Kier molecular flexibility index (Phi) is 9.22. The summed E-state index contributed by atoms with van der Waals surface area (Å²) in [6.45, 7) is 5.39. The minimum absolute atomic E-state index is 0.0234. The normalized spacial score (nSPS) is 22.5. The average Bonchev–Trinajstić information content (AvgIpc) is 3.01. The van der Waals surface area contributed by atoms with Gasteiger partial charge in [-0.05, 0) is 74.9 Å². The molecule has 1 aliphatic carbocycles. The number of nitrogens with zero attached hydrogens (tertiary/aromatic N) is 3. The Labute approximate surface area is 258 Å². The number of halogens is 2. The number of aryl methyl sites for hydroxylation is 2. The molecule has 0 aromatic heterocycles. The number of nitrogens with one attached hydrogen (secondary N) is 1. The molecule has 1 N–H and O–H groups in total. The zero-order chi connectivity index (χ0) is 29.9. The molecule has 6 nitrogen and oxygen atoms in total. The second kappa shape index (κ2) is 12.9. The Bertz CT molecular complexity index is 1470. The predicted octanol–water partition coefficient (Wildman–Crippen LogP) is 6.63. The van der Waals surface area contributed by atoms with E-state index < -0.39 is 5.41 Å². The zero-order valence-electron chi connectivity index (χ0n) is 24.1. The summed E-state index contributed by atoms with van der Waals surface area (Å²) in [5.74, 6) is -0.0663. The predicted molar refractivity (Wildman–Crippen MR) is 167 cm³/mol. The number of rotatable bonds is 6. The highest BCUT2D eigenvalue weighted by Crippen LogP contribution is 2.39. The lowest BCUT2D eigenvalue weighted by Gasteiger charge is -2.42. The first-order valence-corrected chi connectivity index (χ1v) is 15.3. The molecule has 0 bridgehead atoms. The van der Waals surface area contributed by atoms with Gasteiger partial charge in [-0.15, -0.1) is 0 Å². The molecule has 3 aromatic rings. The molecule has 1 unspecified atom stereocenters. The molecule has 2 aliphatic rings. The minimum Gasteiger partial charge on any atom is -0.334 e. The molecule has 8 heteroatoms. The van der Waals surface area contributed by atoms with Gasteiger partial charge >= 0.3 is 0 Å². The van der Waals surface area contributed by atoms with E-state index in [0.29, 0.717) is 35.2 Å². The van der Waals surface area contributed by atoms with Crippen LogP contribution in [-0.2, 0) is 10.2 Å². The molecule has 2 amide bonds. The summed E-state index contributed by atoms with van der Waals surface area (Å²) in [6, 6.07) is 23.7. The molecule has 42 heavy (non-hydrogen) atoms. The maximum absolute atomic E-state index is 13.7. The molecule has 3 aromatic carbocycles. The smallest absolute Gasteiger partial charge is 0.254 e. The van der Waals surface area contributed by atoms with Gasteiger partial charge in [0, 0.05) is 31.2 Å². The van der Waals surface area contributed by atoms with E-state index >= 15 is 0 Å². The van der Waals surface area contributed by atoms with Gasteiger partial charge in [0.25, 0.3) is 5.91 Å². The van der Waals surface area contributed by atoms with Crippen LogP contribution in [0.3, 0.4) is 0 Å². The SMILES string of the molecule is Cc1cc(C)cc(C(=O)N2CCN(C(=O)CNC3CCC(C#N)(c4ccccc4)CC3)C(c3ccc(Cl)c(Cl)c3)C2)c1. The number of carbonyl (C=O) groups is 2. The van der Waals surface area contributed by atoms with Crippen LogP contribution < -0.4 is 5.32 Å². The highest BCUT2D eigenvalue weighted by molar-refractivity contribution is 6.42. The first-order valence-electron chi connectivity index (χ1n) is 14.5. The van der Waals surface area contributed by atoms with E-state index in [4.69, 9.17) is 23.2 Å². The number of hydrogen-bond acceptors (Lipinski definition) is 4. The van der Waals surface area contributed by atoms with Crippen molar-refractivity contribution in [3.63, 3.8) is 0 Å². The summed E-state index contributed by atoms with van der Waals surface area (Å²) in [6.07, 6.45) is 3.16. The van der Waals surface area contributed by atoms with Crippen molar-refractivity contribution in [3.05, 3.63) is 105 Å². The van der Waals surface area contributed by atoms with E-state index in [1.54, 1.807) is 12.1 Å². The molecule has 1 saturated carbocycles. The van der Waals surface area contributed by atoms with Gasteiger partial charge in [-0.1, -0.05) is 76.8 Å². The molecule has 1 atom stereocenters. The molecule has 218 valence electrons. The number of nitriles is 1. The fourth-order valence-corrected chi connectivity index (χ4v) is 6.73. The van der Waals surface area contributed by atoms with Gasteiger partial charge in [-0.2, -0.15) is 5.26 Å². The molecule has 5 rings (SSSR count). The fourth-order valence-electron chi connectivity index (χ4n) is 6.42. The summed E-state index contributed by atoms with van der Waals surface area (Å²) >= 11 is 12.6. The number of amides is 2. The number of piperazine rings is 1. The zero-order valence-corrected chi connectivity index (χ0v) is 25.6. The van der Waals surface area contributed by atoms with Crippen molar-refractivity contribution in [2.24, 2.45) is 0 Å². The standard InChI is InChI=1S/C34H36Cl2N4O2/c1-23-16-24(2)18-26(17-23)33(42)39-14-15-40(31(21-39)25-8-9-29(35)30(36)19-25)32(41)20-38-28-10-12-34(22-37,13-11-28)27-6-4-3-5-7-27/h3-9,16-19,28,31,38H,10-15,20-21H2,1-2H3. The van der Waals surface area contributed by atoms with Crippen LogP contribution in [0.5, 0.6) is 0 Å². The third-order valence-corrected chi connectivity index (χ3v) is 9.45. The minimum atomic E-state index is -0.471. The molecule has 1 saturated heterocycles. The van der Waals surface area contributed by atoms with E-state index in [1.807, 2.05) is 78.2 Å². The van der Waals surface area contributed by atoms with Gasteiger partial charge in [0.1, 0.15) is 0 Å². The quantitative estimate of drug-likeness (QED) is 0.343. The monoisotopic (exact) mass is 602 g/mol. The largest absolute Gasteiger partial charge is 0.334 e. The maximum Gasteiger partial charge on any atom is 0.254 e. The van der Waals surface area contributed by atoms with Crippen molar-refractivity contribution in [1.29, 1.82) is 5.26 Å². The molecular formula is C34H36Cl2N4O2. The Morgan fingerprint density at radius 2 is 1.64 bits per heavy atom. The summed E-state index contributed by atoms with van der Waals surface area (Å²) < 4.78 is 0. The van der Waals surface area contributed by atoms with Crippen molar-refractivity contribution in [2.45, 2.75) is 57.0 Å².